The summed E-state index contributed by atoms with van der Waals surface area (Å²) < 4.78 is 62.4. The highest BCUT2D eigenvalue weighted by Gasteiger charge is 2.39. The van der Waals surface area contributed by atoms with Crippen LogP contribution >= 0.6 is 0 Å². The maximum atomic E-state index is 14.0. The summed E-state index contributed by atoms with van der Waals surface area (Å²) in [6, 6.07) is 7.33. The number of amides is 3. The van der Waals surface area contributed by atoms with Crippen LogP contribution in [0.4, 0.5) is 22.4 Å². The number of esters is 1. The van der Waals surface area contributed by atoms with Gasteiger partial charge in [0.2, 0.25) is 0 Å². The number of nitrogens with one attached hydrogen (secondary N) is 2. The first-order valence-corrected chi connectivity index (χ1v) is 11.7. The number of ketones is 1. The van der Waals surface area contributed by atoms with E-state index in [1.54, 1.807) is 6.92 Å². The van der Waals surface area contributed by atoms with Crippen LogP contribution < -0.4 is 10.6 Å². The number of halogens is 4. The van der Waals surface area contributed by atoms with Crippen LogP contribution in [0.1, 0.15) is 39.2 Å². The van der Waals surface area contributed by atoms with Crippen molar-refractivity contribution in [1.29, 1.82) is 0 Å². The molecule has 0 saturated carbocycles. The Labute approximate surface area is 220 Å². The number of methoxy groups -OCH3 is 1. The van der Waals surface area contributed by atoms with Crippen molar-refractivity contribution < 1.29 is 46.2 Å². The molecular formula is C26H25F4N3O6. The van der Waals surface area contributed by atoms with Gasteiger partial charge in [-0.05, 0) is 36.8 Å². The molecule has 0 aliphatic carbocycles. The van der Waals surface area contributed by atoms with Crippen LogP contribution in [0.15, 0.2) is 59.8 Å². The molecule has 2 aromatic carbocycles. The Balaban J connectivity index is 2.01. The number of benzene rings is 2. The molecule has 0 bridgehead atoms. The molecule has 2 N–H and O–H groups in total. The van der Waals surface area contributed by atoms with Gasteiger partial charge in [-0.1, -0.05) is 24.3 Å². The molecule has 0 fully saturated rings. The molecule has 1 atom stereocenters. The van der Waals surface area contributed by atoms with Gasteiger partial charge in [0, 0.05) is 24.8 Å². The second-order valence-electron chi connectivity index (χ2n) is 8.32. The van der Waals surface area contributed by atoms with Crippen molar-refractivity contribution in [2.75, 3.05) is 33.4 Å². The number of ether oxygens (including phenoxy) is 2. The van der Waals surface area contributed by atoms with E-state index < -0.39 is 47.3 Å². The van der Waals surface area contributed by atoms with Crippen molar-refractivity contribution >= 4 is 23.7 Å². The molecule has 0 saturated heterocycles. The Morgan fingerprint density at radius 2 is 1.72 bits per heavy atom. The number of hydrogen-bond donors (Lipinski definition) is 2. The molecule has 1 aliphatic rings. The van der Waals surface area contributed by atoms with Gasteiger partial charge in [0.05, 0.1) is 37.1 Å². The molecule has 0 radical (unpaired) electrons. The molecule has 2 aromatic rings. The number of carbonyl (C=O) groups is 4. The van der Waals surface area contributed by atoms with Crippen molar-refractivity contribution in [3.8, 4) is 0 Å². The highest BCUT2D eigenvalue weighted by molar-refractivity contribution is 6.02. The van der Waals surface area contributed by atoms with Crippen LogP contribution in [0.2, 0.25) is 0 Å². The minimum absolute atomic E-state index is 0.000200. The molecule has 0 aromatic heterocycles. The average Bonchev–Trinajstić information content (AvgIpc) is 2.89. The van der Waals surface area contributed by atoms with Crippen LogP contribution in [0.5, 0.6) is 0 Å². The van der Waals surface area contributed by atoms with E-state index in [2.05, 4.69) is 10.6 Å². The van der Waals surface area contributed by atoms with Gasteiger partial charge < -0.3 is 25.0 Å². The SMILES string of the molecule is CCOC(=O)C1=C(CN(CCOC)C(=O)c2ccc(C(=O)C(F)(F)F)cc2)NC(=O)N[C@H]1c1cccc(F)c1. The first-order chi connectivity index (χ1) is 18.5. The third-order valence-corrected chi connectivity index (χ3v) is 5.68. The predicted molar refractivity (Wildman–Crippen MR) is 129 cm³/mol. The zero-order valence-electron chi connectivity index (χ0n) is 20.9. The summed E-state index contributed by atoms with van der Waals surface area (Å²) in [4.78, 5) is 51.5. The molecule has 3 rings (SSSR count). The largest absolute Gasteiger partial charge is 0.463 e. The van der Waals surface area contributed by atoms with Gasteiger partial charge in [-0.15, -0.1) is 0 Å². The van der Waals surface area contributed by atoms with Crippen LogP contribution in [0.25, 0.3) is 0 Å². The zero-order valence-corrected chi connectivity index (χ0v) is 20.9. The highest BCUT2D eigenvalue weighted by atomic mass is 19.4. The molecule has 208 valence electrons. The monoisotopic (exact) mass is 551 g/mol. The lowest BCUT2D eigenvalue weighted by Crippen LogP contribution is -2.49. The summed E-state index contributed by atoms with van der Waals surface area (Å²) in [5.74, 6) is -4.15. The fourth-order valence-electron chi connectivity index (χ4n) is 3.88. The number of nitrogens with zero attached hydrogens (tertiary/aromatic N) is 1. The van der Waals surface area contributed by atoms with E-state index in [-0.39, 0.29) is 48.7 Å². The van der Waals surface area contributed by atoms with Gasteiger partial charge in [-0.3, -0.25) is 9.59 Å². The number of rotatable bonds is 10. The van der Waals surface area contributed by atoms with Gasteiger partial charge in [0.25, 0.3) is 11.7 Å². The van der Waals surface area contributed by atoms with E-state index >= 15 is 0 Å². The van der Waals surface area contributed by atoms with Crippen LogP contribution in [0.3, 0.4) is 0 Å². The molecule has 0 unspecified atom stereocenters. The Morgan fingerprint density at radius 3 is 2.31 bits per heavy atom. The third kappa shape index (κ3) is 7.19. The highest BCUT2D eigenvalue weighted by Crippen LogP contribution is 2.29. The maximum absolute atomic E-state index is 14.0. The summed E-state index contributed by atoms with van der Waals surface area (Å²) in [6.07, 6.45) is -5.07. The van der Waals surface area contributed by atoms with Gasteiger partial charge in [0.1, 0.15) is 5.82 Å². The number of Topliss-reactive ketones (excluding diaryl/α,β-unsaturated/α-hetero) is 1. The topological polar surface area (TPSA) is 114 Å². The summed E-state index contributed by atoms with van der Waals surface area (Å²) in [6.45, 7) is 1.24. The minimum Gasteiger partial charge on any atom is -0.463 e. The molecule has 3 amide bonds. The molecule has 13 heteroatoms. The van der Waals surface area contributed by atoms with Crippen LogP contribution in [-0.2, 0) is 14.3 Å². The quantitative estimate of drug-likeness (QED) is 0.265. The molecule has 1 aliphatic heterocycles. The fourth-order valence-corrected chi connectivity index (χ4v) is 3.88. The smallest absolute Gasteiger partial charge is 0.454 e. The van der Waals surface area contributed by atoms with Gasteiger partial charge in [-0.25, -0.2) is 14.0 Å². The lowest BCUT2D eigenvalue weighted by Gasteiger charge is -2.32. The van der Waals surface area contributed by atoms with E-state index in [4.69, 9.17) is 9.47 Å². The van der Waals surface area contributed by atoms with E-state index in [1.807, 2.05) is 0 Å². The normalized spacial score (nSPS) is 15.3. The zero-order chi connectivity index (χ0) is 28.7. The van der Waals surface area contributed by atoms with Crippen molar-refractivity contribution in [1.82, 2.24) is 15.5 Å². The van der Waals surface area contributed by atoms with E-state index in [1.165, 1.54) is 30.2 Å². The first kappa shape index (κ1) is 29.3. The van der Waals surface area contributed by atoms with Gasteiger partial charge >= 0.3 is 18.2 Å². The molecule has 1 heterocycles. The fraction of sp³-hybridized carbons (Fsp3) is 0.308. The van der Waals surface area contributed by atoms with Gasteiger partial charge in [-0.2, -0.15) is 13.2 Å². The lowest BCUT2D eigenvalue weighted by molar-refractivity contribution is -0.139. The maximum Gasteiger partial charge on any atom is 0.454 e. The molecular weight excluding hydrogens is 526 g/mol. The third-order valence-electron chi connectivity index (χ3n) is 5.68. The lowest BCUT2D eigenvalue weighted by atomic mass is 9.94. The Kier molecular flexibility index (Phi) is 9.41. The van der Waals surface area contributed by atoms with Crippen molar-refractivity contribution in [2.45, 2.75) is 19.1 Å². The second-order valence-corrected chi connectivity index (χ2v) is 8.32. The average molecular weight is 551 g/mol. The first-order valence-electron chi connectivity index (χ1n) is 11.7. The number of alkyl halides is 3. The molecule has 39 heavy (non-hydrogen) atoms. The predicted octanol–water partition coefficient (Wildman–Crippen LogP) is 3.53. The molecule has 9 nitrogen and oxygen atoms in total. The number of urea groups is 1. The van der Waals surface area contributed by atoms with E-state index in [9.17, 15) is 36.7 Å². The van der Waals surface area contributed by atoms with Gasteiger partial charge in [0.15, 0.2) is 0 Å². The van der Waals surface area contributed by atoms with E-state index in [0.717, 1.165) is 30.3 Å². The van der Waals surface area contributed by atoms with Crippen LogP contribution in [0, 0.1) is 5.82 Å². The van der Waals surface area contributed by atoms with Crippen molar-refractivity contribution in [3.63, 3.8) is 0 Å². The Hall–Kier alpha value is -4.26. The number of carbonyl (C=O) groups excluding carboxylic acids is 4. The summed E-state index contributed by atoms with van der Waals surface area (Å²) in [7, 11) is 1.38. The summed E-state index contributed by atoms with van der Waals surface area (Å²) in [5, 5.41) is 5.06. The van der Waals surface area contributed by atoms with E-state index in [0.29, 0.717) is 0 Å². The Morgan fingerprint density at radius 1 is 1.05 bits per heavy atom. The summed E-state index contributed by atoms with van der Waals surface area (Å²) >= 11 is 0. The minimum atomic E-state index is -5.07. The Bertz CT molecular complexity index is 1280. The second kappa shape index (κ2) is 12.5. The van der Waals surface area contributed by atoms with Crippen molar-refractivity contribution in [3.05, 3.63) is 82.3 Å². The summed E-state index contributed by atoms with van der Waals surface area (Å²) in [5.41, 5.74) is -0.503. The van der Waals surface area contributed by atoms with Crippen LogP contribution in [-0.4, -0.2) is 68.2 Å². The van der Waals surface area contributed by atoms with Crippen molar-refractivity contribution in [2.24, 2.45) is 0 Å². The number of hydrogen-bond acceptors (Lipinski definition) is 6. The standard InChI is InChI=1S/C26H25F4N3O6/c1-3-39-24(36)20-19(31-25(37)32-21(20)17-5-4-6-18(27)13-17)14-33(11-12-38-2)23(35)16-9-7-15(8-10-16)22(34)26(28,29)30/h4-10,13,21H,3,11-12,14H2,1-2H3,(H2,31,32,37)/t21-/m0/s1. The molecule has 0 spiro atoms.